The summed E-state index contributed by atoms with van der Waals surface area (Å²) in [6.07, 6.45) is 0.744. The van der Waals surface area contributed by atoms with Crippen LogP contribution in [-0.2, 0) is 10.0 Å². The van der Waals surface area contributed by atoms with Gasteiger partial charge in [0.15, 0.2) is 0 Å². The lowest BCUT2D eigenvalue weighted by Crippen LogP contribution is -2.29. The van der Waals surface area contributed by atoms with E-state index in [4.69, 9.17) is 0 Å². The summed E-state index contributed by atoms with van der Waals surface area (Å²) < 4.78 is 61.8. The van der Waals surface area contributed by atoms with E-state index in [1.54, 1.807) is 0 Å². The van der Waals surface area contributed by atoms with Crippen molar-refractivity contribution in [3.05, 3.63) is 0 Å². The Morgan fingerprint density at radius 2 is 1.39 bits per heavy atom. The van der Waals surface area contributed by atoms with Crippen molar-refractivity contribution in [3.8, 4) is 0 Å². The highest BCUT2D eigenvalue weighted by Crippen LogP contribution is 2.23. The molecule has 0 aliphatic carbocycles. The van der Waals surface area contributed by atoms with Crippen molar-refractivity contribution in [3.63, 3.8) is 0 Å². The normalized spacial score (nSPS) is 13.0. The topological polar surface area (TPSA) is 49.4 Å². The Kier molecular flexibility index (Phi) is 11.9. The molecule has 0 unspecified atom stereocenters. The average molecular weight is 360 g/mol. The summed E-state index contributed by atoms with van der Waals surface area (Å²) in [6.45, 7) is 1.30. The molecule has 0 spiro atoms. The van der Waals surface area contributed by atoms with Crippen LogP contribution in [0.4, 0.5) is 13.2 Å². The van der Waals surface area contributed by atoms with Gasteiger partial charge < -0.3 is 4.90 Å². The highest BCUT2D eigenvalue weighted by Gasteiger charge is 2.25. The fraction of sp³-hybridized carbons (Fsp3) is 1.00. The molecule has 0 bridgehead atoms. The molecule has 4 nitrogen and oxygen atoms in total. The van der Waals surface area contributed by atoms with Crippen LogP contribution in [0.5, 0.6) is 0 Å². The second kappa shape index (κ2) is 12.1. The molecule has 0 atom stereocenters. The number of hydrogen-bond donors (Lipinski definition) is 1. The van der Waals surface area contributed by atoms with E-state index in [0.717, 1.165) is 38.6 Å². The number of alkyl halides is 3. The average Bonchev–Trinajstić information content (AvgIpc) is 2.40. The van der Waals surface area contributed by atoms with Crippen molar-refractivity contribution >= 4 is 10.0 Å². The minimum absolute atomic E-state index is 0.128. The monoisotopic (exact) mass is 360 g/mol. The lowest BCUT2D eigenvalue weighted by atomic mass is 10.1. The summed E-state index contributed by atoms with van der Waals surface area (Å²) in [5.41, 5.74) is 0. The molecule has 0 aliphatic heterocycles. The maximum atomic E-state index is 11.9. The highest BCUT2D eigenvalue weighted by atomic mass is 32.2. The van der Waals surface area contributed by atoms with Gasteiger partial charge in [0, 0.05) is 13.0 Å². The Morgan fingerprint density at radius 1 is 0.870 bits per heavy atom. The summed E-state index contributed by atoms with van der Waals surface area (Å²) in [7, 11) is 0.693. The largest absolute Gasteiger partial charge is 0.389 e. The molecule has 23 heavy (non-hydrogen) atoms. The summed E-state index contributed by atoms with van der Waals surface area (Å²) in [6, 6.07) is 0. The standard InChI is InChI=1S/C15H31F3N2O2S/c1-20(2)13-10-12-19-23(21,22)14-9-7-5-3-4-6-8-11-15(16,17)18/h19H,3-14H2,1-2H3. The second-order valence-electron chi connectivity index (χ2n) is 6.21. The molecule has 0 saturated carbocycles. The van der Waals surface area contributed by atoms with Crippen LogP contribution < -0.4 is 4.72 Å². The zero-order chi connectivity index (χ0) is 17.8. The van der Waals surface area contributed by atoms with Gasteiger partial charge in [-0.15, -0.1) is 0 Å². The van der Waals surface area contributed by atoms with Crippen molar-refractivity contribution in [1.29, 1.82) is 0 Å². The number of nitrogens with zero attached hydrogens (tertiary/aromatic N) is 1. The van der Waals surface area contributed by atoms with Gasteiger partial charge in [-0.3, -0.25) is 0 Å². The summed E-state index contributed by atoms with van der Waals surface area (Å²) in [5.74, 6) is 0.128. The van der Waals surface area contributed by atoms with Crippen LogP contribution >= 0.6 is 0 Å². The third kappa shape index (κ3) is 17.8. The van der Waals surface area contributed by atoms with Gasteiger partial charge in [0.2, 0.25) is 10.0 Å². The van der Waals surface area contributed by atoms with Crippen LogP contribution in [0.15, 0.2) is 0 Å². The van der Waals surface area contributed by atoms with Gasteiger partial charge in [-0.05, 0) is 39.9 Å². The summed E-state index contributed by atoms with van der Waals surface area (Å²) in [4.78, 5) is 2.00. The summed E-state index contributed by atoms with van der Waals surface area (Å²) in [5, 5.41) is 0. The zero-order valence-electron chi connectivity index (χ0n) is 14.3. The minimum atomic E-state index is -4.05. The Labute approximate surface area is 138 Å². The predicted octanol–water partition coefficient (Wildman–Crippen LogP) is 3.54. The molecular weight excluding hydrogens is 329 g/mol. The van der Waals surface area contributed by atoms with Gasteiger partial charge >= 0.3 is 6.18 Å². The van der Waals surface area contributed by atoms with E-state index >= 15 is 0 Å². The van der Waals surface area contributed by atoms with Crippen LogP contribution in [-0.4, -0.2) is 52.4 Å². The lowest BCUT2D eigenvalue weighted by molar-refractivity contribution is -0.135. The van der Waals surface area contributed by atoms with Crippen LogP contribution in [0.1, 0.15) is 57.8 Å². The van der Waals surface area contributed by atoms with Gasteiger partial charge in [-0.2, -0.15) is 13.2 Å². The van der Waals surface area contributed by atoms with Crippen molar-refractivity contribution < 1.29 is 21.6 Å². The SMILES string of the molecule is CN(C)CCCNS(=O)(=O)CCCCCCCCCC(F)(F)F. The molecule has 0 fully saturated rings. The minimum Gasteiger partial charge on any atom is -0.309 e. The van der Waals surface area contributed by atoms with Crippen molar-refractivity contribution in [1.82, 2.24) is 9.62 Å². The number of halogens is 3. The first kappa shape index (κ1) is 22.7. The molecule has 0 aromatic carbocycles. The third-order valence-electron chi connectivity index (χ3n) is 3.48. The van der Waals surface area contributed by atoms with E-state index in [9.17, 15) is 21.6 Å². The smallest absolute Gasteiger partial charge is 0.309 e. The number of nitrogens with one attached hydrogen (secondary N) is 1. The molecule has 0 rings (SSSR count). The Balaban J connectivity index is 3.45. The number of unbranched alkanes of at least 4 members (excludes halogenated alkanes) is 6. The van der Waals surface area contributed by atoms with E-state index in [-0.39, 0.29) is 12.2 Å². The van der Waals surface area contributed by atoms with Gasteiger partial charge in [0.25, 0.3) is 0 Å². The number of hydrogen-bond acceptors (Lipinski definition) is 3. The first-order chi connectivity index (χ1) is 10.6. The maximum Gasteiger partial charge on any atom is 0.389 e. The Hall–Kier alpha value is -0.340. The van der Waals surface area contributed by atoms with Crippen LogP contribution in [0, 0.1) is 0 Å². The Bertz CT molecular complexity index is 385. The molecular formula is C15H31F3N2O2S. The first-order valence-corrected chi connectivity index (χ1v) is 9.96. The van der Waals surface area contributed by atoms with Crippen LogP contribution in [0.2, 0.25) is 0 Å². The van der Waals surface area contributed by atoms with E-state index in [0.29, 0.717) is 19.4 Å². The fourth-order valence-corrected chi connectivity index (χ4v) is 3.38. The molecule has 0 aromatic rings. The number of sulfonamides is 1. The number of rotatable bonds is 14. The predicted molar refractivity (Wildman–Crippen MR) is 88.0 cm³/mol. The fourth-order valence-electron chi connectivity index (χ4n) is 2.20. The van der Waals surface area contributed by atoms with E-state index in [1.165, 1.54) is 0 Å². The quantitative estimate of drug-likeness (QED) is 0.482. The van der Waals surface area contributed by atoms with Gasteiger partial charge in [-0.25, -0.2) is 13.1 Å². The van der Waals surface area contributed by atoms with E-state index in [1.807, 2.05) is 19.0 Å². The lowest BCUT2D eigenvalue weighted by Gasteiger charge is -2.10. The first-order valence-electron chi connectivity index (χ1n) is 8.31. The molecule has 0 saturated heterocycles. The van der Waals surface area contributed by atoms with Crippen LogP contribution in [0.25, 0.3) is 0 Å². The molecule has 0 amide bonds. The van der Waals surface area contributed by atoms with Gasteiger partial charge in [0.1, 0.15) is 0 Å². The molecule has 140 valence electrons. The molecule has 0 aromatic heterocycles. The van der Waals surface area contributed by atoms with E-state index < -0.39 is 22.6 Å². The molecule has 0 radical (unpaired) electrons. The highest BCUT2D eigenvalue weighted by molar-refractivity contribution is 7.89. The molecule has 0 aliphatic rings. The summed E-state index contributed by atoms with van der Waals surface area (Å²) >= 11 is 0. The van der Waals surface area contributed by atoms with E-state index in [2.05, 4.69) is 4.72 Å². The Morgan fingerprint density at radius 3 is 1.91 bits per heavy atom. The van der Waals surface area contributed by atoms with Crippen molar-refractivity contribution in [2.75, 3.05) is 32.9 Å². The molecule has 8 heteroatoms. The van der Waals surface area contributed by atoms with Crippen LogP contribution in [0.3, 0.4) is 0 Å². The zero-order valence-corrected chi connectivity index (χ0v) is 15.1. The van der Waals surface area contributed by atoms with Gasteiger partial charge in [-0.1, -0.05) is 32.1 Å². The third-order valence-corrected chi connectivity index (χ3v) is 4.95. The van der Waals surface area contributed by atoms with Crippen molar-refractivity contribution in [2.45, 2.75) is 64.0 Å². The maximum absolute atomic E-state index is 11.9. The van der Waals surface area contributed by atoms with Crippen molar-refractivity contribution in [2.24, 2.45) is 0 Å². The second-order valence-corrected chi connectivity index (χ2v) is 8.14. The molecule has 1 N–H and O–H groups in total. The molecule has 0 heterocycles. The van der Waals surface area contributed by atoms with Gasteiger partial charge in [0.05, 0.1) is 5.75 Å².